The molecule has 0 aliphatic carbocycles. The molecule has 0 aliphatic rings. The molecule has 0 unspecified atom stereocenters. The zero-order valence-electron chi connectivity index (χ0n) is 7.22. The number of carbonyl (C=O) groups is 1. The highest BCUT2D eigenvalue weighted by molar-refractivity contribution is 7.99. The molecular formula is C8H14O2S. The van der Waals surface area contributed by atoms with Gasteiger partial charge in [0, 0.05) is 10.8 Å². The van der Waals surface area contributed by atoms with Gasteiger partial charge in [0.15, 0.2) is 0 Å². The quantitative estimate of drug-likeness (QED) is 0.480. The maximum absolute atomic E-state index is 10.6. The Labute approximate surface area is 72.0 Å². The second kappa shape index (κ2) is 4.44. The molecule has 0 saturated heterocycles. The molecule has 2 nitrogen and oxygen atoms in total. The first-order chi connectivity index (χ1) is 5.02. The second-order valence-electron chi connectivity index (χ2n) is 2.78. The SMILES string of the molecule is C=CC(=O)OCC(C)(C)SC. The molecule has 0 spiro atoms. The number of thioether (sulfide) groups is 1. The van der Waals surface area contributed by atoms with Gasteiger partial charge in [0.25, 0.3) is 0 Å². The van der Waals surface area contributed by atoms with Gasteiger partial charge >= 0.3 is 5.97 Å². The minimum absolute atomic E-state index is 0.00132. The van der Waals surface area contributed by atoms with Crippen LogP contribution in [0.25, 0.3) is 0 Å². The summed E-state index contributed by atoms with van der Waals surface area (Å²) in [4.78, 5) is 10.6. The molecule has 0 aromatic rings. The molecule has 0 aromatic carbocycles. The first-order valence-electron chi connectivity index (χ1n) is 3.36. The van der Waals surface area contributed by atoms with Crippen molar-refractivity contribution in [2.75, 3.05) is 12.9 Å². The van der Waals surface area contributed by atoms with E-state index in [0.717, 1.165) is 0 Å². The zero-order valence-corrected chi connectivity index (χ0v) is 8.03. The minimum atomic E-state index is -0.355. The van der Waals surface area contributed by atoms with Crippen molar-refractivity contribution in [2.24, 2.45) is 0 Å². The van der Waals surface area contributed by atoms with Crippen LogP contribution in [0.4, 0.5) is 0 Å². The van der Waals surface area contributed by atoms with Gasteiger partial charge in [-0.3, -0.25) is 0 Å². The van der Waals surface area contributed by atoms with Crippen LogP contribution in [0.5, 0.6) is 0 Å². The predicted octanol–water partition coefficient (Wildman–Crippen LogP) is 1.86. The topological polar surface area (TPSA) is 26.3 Å². The van der Waals surface area contributed by atoms with Crippen LogP contribution in [0.3, 0.4) is 0 Å². The van der Waals surface area contributed by atoms with Crippen LogP contribution < -0.4 is 0 Å². The van der Waals surface area contributed by atoms with Crippen LogP contribution in [-0.4, -0.2) is 23.6 Å². The molecule has 0 aliphatic heterocycles. The molecule has 0 aromatic heterocycles. The Hall–Kier alpha value is -0.440. The fourth-order valence-electron chi connectivity index (χ4n) is 0.363. The zero-order chi connectivity index (χ0) is 8.91. The van der Waals surface area contributed by atoms with Crippen LogP contribution in [0, 0.1) is 0 Å². The van der Waals surface area contributed by atoms with Gasteiger partial charge in [-0.1, -0.05) is 6.58 Å². The van der Waals surface area contributed by atoms with Crippen molar-refractivity contribution in [1.82, 2.24) is 0 Å². The lowest BCUT2D eigenvalue weighted by Gasteiger charge is -2.20. The van der Waals surface area contributed by atoms with E-state index in [0.29, 0.717) is 6.61 Å². The van der Waals surface area contributed by atoms with Crippen molar-refractivity contribution in [1.29, 1.82) is 0 Å². The second-order valence-corrected chi connectivity index (χ2v) is 4.29. The van der Waals surface area contributed by atoms with Gasteiger partial charge < -0.3 is 4.74 Å². The number of hydrogen-bond acceptors (Lipinski definition) is 3. The van der Waals surface area contributed by atoms with Crippen LogP contribution in [0.2, 0.25) is 0 Å². The summed E-state index contributed by atoms with van der Waals surface area (Å²) in [6, 6.07) is 0. The number of esters is 1. The standard InChI is InChI=1S/C8H14O2S/c1-5-7(9)10-6-8(2,3)11-4/h5H,1,6H2,2-4H3. The number of hydrogen-bond donors (Lipinski definition) is 0. The van der Waals surface area contributed by atoms with E-state index in [1.807, 2.05) is 20.1 Å². The van der Waals surface area contributed by atoms with Crippen LogP contribution in [-0.2, 0) is 9.53 Å². The summed E-state index contributed by atoms with van der Waals surface area (Å²) in [5, 5.41) is 0. The Morgan fingerprint density at radius 1 is 1.73 bits per heavy atom. The highest BCUT2D eigenvalue weighted by Gasteiger charge is 2.17. The molecular weight excluding hydrogens is 160 g/mol. The molecule has 64 valence electrons. The summed E-state index contributed by atoms with van der Waals surface area (Å²) in [6.07, 6.45) is 3.16. The Morgan fingerprint density at radius 2 is 2.27 bits per heavy atom. The normalized spacial score (nSPS) is 10.8. The highest BCUT2D eigenvalue weighted by Crippen LogP contribution is 2.20. The maximum Gasteiger partial charge on any atom is 0.330 e. The first kappa shape index (κ1) is 10.6. The minimum Gasteiger partial charge on any atom is -0.461 e. The van der Waals surface area contributed by atoms with E-state index in [4.69, 9.17) is 4.74 Å². The van der Waals surface area contributed by atoms with E-state index in [-0.39, 0.29) is 10.7 Å². The highest BCUT2D eigenvalue weighted by atomic mass is 32.2. The molecule has 0 saturated carbocycles. The van der Waals surface area contributed by atoms with Crippen LogP contribution in [0.15, 0.2) is 12.7 Å². The molecule has 0 amide bonds. The van der Waals surface area contributed by atoms with Crippen molar-refractivity contribution in [3.05, 3.63) is 12.7 Å². The first-order valence-corrected chi connectivity index (χ1v) is 4.58. The lowest BCUT2D eigenvalue weighted by molar-refractivity contribution is -0.138. The van der Waals surface area contributed by atoms with E-state index in [9.17, 15) is 4.79 Å². The lowest BCUT2D eigenvalue weighted by Crippen LogP contribution is -2.23. The number of rotatable bonds is 4. The summed E-state index contributed by atoms with van der Waals surface area (Å²) in [5.41, 5.74) is 0. The molecule has 0 fully saturated rings. The van der Waals surface area contributed by atoms with E-state index in [1.54, 1.807) is 11.8 Å². The molecule has 0 bridgehead atoms. The van der Waals surface area contributed by atoms with Gasteiger partial charge in [0.2, 0.25) is 0 Å². The Balaban J connectivity index is 3.69. The average Bonchev–Trinajstić information content (AvgIpc) is 2.00. The van der Waals surface area contributed by atoms with E-state index >= 15 is 0 Å². The fourth-order valence-corrected chi connectivity index (χ4v) is 0.540. The molecule has 0 radical (unpaired) electrons. The molecule has 0 atom stereocenters. The third-order valence-electron chi connectivity index (χ3n) is 1.28. The largest absolute Gasteiger partial charge is 0.461 e. The summed E-state index contributed by atoms with van der Waals surface area (Å²) < 4.78 is 4.87. The smallest absolute Gasteiger partial charge is 0.330 e. The van der Waals surface area contributed by atoms with Gasteiger partial charge in [-0.05, 0) is 20.1 Å². The Bertz CT molecular complexity index is 152. The maximum atomic E-state index is 10.6. The van der Waals surface area contributed by atoms with E-state index in [2.05, 4.69) is 6.58 Å². The van der Waals surface area contributed by atoms with E-state index < -0.39 is 0 Å². The van der Waals surface area contributed by atoms with Crippen LogP contribution >= 0.6 is 11.8 Å². The van der Waals surface area contributed by atoms with Crippen molar-refractivity contribution in [3.63, 3.8) is 0 Å². The average molecular weight is 174 g/mol. The third-order valence-corrected chi connectivity index (χ3v) is 2.50. The Morgan fingerprint density at radius 3 is 2.64 bits per heavy atom. The summed E-state index contributed by atoms with van der Waals surface area (Å²) in [5.74, 6) is -0.355. The van der Waals surface area contributed by atoms with Gasteiger partial charge in [-0.25, -0.2) is 4.79 Å². The van der Waals surface area contributed by atoms with Crippen molar-refractivity contribution < 1.29 is 9.53 Å². The van der Waals surface area contributed by atoms with Gasteiger partial charge in [0.05, 0.1) is 0 Å². The third kappa shape index (κ3) is 4.90. The number of ether oxygens (including phenoxy) is 1. The molecule has 0 rings (SSSR count). The van der Waals surface area contributed by atoms with Gasteiger partial charge in [-0.15, -0.1) is 0 Å². The fraction of sp³-hybridized carbons (Fsp3) is 0.625. The van der Waals surface area contributed by atoms with Crippen molar-refractivity contribution >= 4 is 17.7 Å². The summed E-state index contributed by atoms with van der Waals surface area (Å²) in [7, 11) is 0. The lowest BCUT2D eigenvalue weighted by atomic mass is 10.2. The predicted molar refractivity (Wildman–Crippen MR) is 48.8 cm³/mol. The summed E-state index contributed by atoms with van der Waals surface area (Å²) >= 11 is 1.67. The van der Waals surface area contributed by atoms with Crippen LogP contribution in [0.1, 0.15) is 13.8 Å². The van der Waals surface area contributed by atoms with E-state index in [1.165, 1.54) is 6.08 Å². The van der Waals surface area contributed by atoms with Crippen molar-refractivity contribution in [3.8, 4) is 0 Å². The Kier molecular flexibility index (Phi) is 4.26. The van der Waals surface area contributed by atoms with Gasteiger partial charge in [0.1, 0.15) is 6.61 Å². The molecule has 11 heavy (non-hydrogen) atoms. The monoisotopic (exact) mass is 174 g/mol. The summed E-state index contributed by atoms with van der Waals surface area (Å²) in [6.45, 7) is 7.78. The number of carbonyl (C=O) groups excluding carboxylic acids is 1. The molecule has 0 heterocycles. The molecule has 3 heteroatoms. The van der Waals surface area contributed by atoms with Crippen molar-refractivity contribution in [2.45, 2.75) is 18.6 Å². The molecule has 0 N–H and O–H groups in total. The van der Waals surface area contributed by atoms with Gasteiger partial charge in [-0.2, -0.15) is 11.8 Å².